The maximum absolute atomic E-state index is 11.8. The molecule has 0 saturated carbocycles. The summed E-state index contributed by atoms with van der Waals surface area (Å²) in [4.78, 5) is 24.5. The van der Waals surface area contributed by atoms with Gasteiger partial charge in [0.05, 0.1) is 6.26 Å². The van der Waals surface area contributed by atoms with E-state index in [9.17, 15) is 9.59 Å². The van der Waals surface area contributed by atoms with Crippen molar-refractivity contribution in [3.63, 3.8) is 0 Å². The molecule has 0 bridgehead atoms. The molecule has 0 aliphatic heterocycles. The van der Waals surface area contributed by atoms with E-state index in [0.29, 0.717) is 6.42 Å². The Bertz CT molecular complexity index is 443. The fourth-order valence-electron chi connectivity index (χ4n) is 1.54. The highest BCUT2D eigenvalue weighted by Gasteiger charge is 2.20. The lowest BCUT2D eigenvalue weighted by atomic mass is 10.1. The number of carbonyl (C=O) groups is 2. The third-order valence-electron chi connectivity index (χ3n) is 2.53. The first-order valence-electron chi connectivity index (χ1n) is 6.47. The molecule has 1 heterocycles. The minimum Gasteiger partial charge on any atom is -0.492 e. The number of ether oxygens (including phenoxy) is 1. The van der Waals surface area contributed by atoms with Gasteiger partial charge in [0.2, 0.25) is 5.91 Å². The highest BCUT2D eigenvalue weighted by Crippen LogP contribution is 2.11. The predicted molar refractivity (Wildman–Crippen MR) is 79.4 cm³/mol. The van der Waals surface area contributed by atoms with Crippen LogP contribution in [0.2, 0.25) is 0 Å². The maximum Gasteiger partial charge on any atom is 0.258 e. The first-order valence-corrected chi connectivity index (χ1v) is 7.35. The highest BCUT2D eigenvalue weighted by atomic mass is 32.1. The molecule has 0 saturated heterocycles. The van der Waals surface area contributed by atoms with Gasteiger partial charge in [-0.3, -0.25) is 9.59 Å². The molecule has 0 unspecified atom stereocenters. The summed E-state index contributed by atoms with van der Waals surface area (Å²) in [7, 11) is 1.55. The van der Waals surface area contributed by atoms with Crippen LogP contribution >= 0.6 is 11.3 Å². The van der Waals surface area contributed by atoms with Gasteiger partial charge >= 0.3 is 0 Å². The van der Waals surface area contributed by atoms with Crippen molar-refractivity contribution in [2.24, 2.45) is 0 Å². The van der Waals surface area contributed by atoms with Crippen LogP contribution in [-0.4, -0.2) is 31.5 Å². The Morgan fingerprint density at radius 2 is 2.30 bits per heavy atom. The van der Waals surface area contributed by atoms with Crippen molar-refractivity contribution in [3.8, 4) is 0 Å². The molecule has 1 aromatic rings. The molecular weight excluding hydrogens is 276 g/mol. The van der Waals surface area contributed by atoms with Crippen molar-refractivity contribution >= 4 is 23.2 Å². The quantitative estimate of drug-likeness (QED) is 0.714. The third-order valence-corrected chi connectivity index (χ3v) is 3.42. The monoisotopic (exact) mass is 296 g/mol. The zero-order valence-corrected chi connectivity index (χ0v) is 12.5. The van der Waals surface area contributed by atoms with Gasteiger partial charge in [0.15, 0.2) is 6.61 Å². The number of hydrogen-bond donors (Lipinski definition) is 2. The molecule has 2 amide bonds. The van der Waals surface area contributed by atoms with E-state index >= 15 is 0 Å². The fourth-order valence-corrected chi connectivity index (χ4v) is 2.29. The number of hydrogen-bond acceptors (Lipinski definition) is 4. The lowest BCUT2D eigenvalue weighted by Crippen LogP contribution is -2.47. The molecule has 1 rings (SSSR count). The Kier molecular flexibility index (Phi) is 7.42. The molecule has 0 aliphatic carbocycles. The van der Waals surface area contributed by atoms with Crippen LogP contribution in [0.5, 0.6) is 0 Å². The minimum atomic E-state index is -0.579. The van der Waals surface area contributed by atoms with Gasteiger partial charge < -0.3 is 15.4 Å². The van der Waals surface area contributed by atoms with Crippen LogP contribution < -0.4 is 10.6 Å². The second-order valence-corrected chi connectivity index (χ2v) is 5.14. The summed E-state index contributed by atoms with van der Waals surface area (Å²) in [5.41, 5.74) is 0. The summed E-state index contributed by atoms with van der Waals surface area (Å²) >= 11 is 1.56. The standard InChI is InChI=1S/C14H20N2O3S/c1-3-4-7-19-10-13(17)16-12(14(18)15-2)9-11-6-5-8-20-11/h4-8,12H,3,9-10H2,1-2H3,(H,15,18)(H,16,17)/b7-4+/t12-/m0/s1. The van der Waals surface area contributed by atoms with E-state index in [-0.39, 0.29) is 18.4 Å². The molecule has 0 aliphatic rings. The summed E-state index contributed by atoms with van der Waals surface area (Å²) in [5.74, 6) is -0.522. The van der Waals surface area contributed by atoms with Crippen LogP contribution in [0.15, 0.2) is 29.9 Å². The Morgan fingerprint density at radius 1 is 1.50 bits per heavy atom. The number of thiophene rings is 1. The van der Waals surface area contributed by atoms with Gasteiger partial charge in [0.25, 0.3) is 5.91 Å². The molecule has 1 aromatic heterocycles. The van der Waals surface area contributed by atoms with Crippen LogP contribution in [0, 0.1) is 0 Å². The van der Waals surface area contributed by atoms with E-state index in [2.05, 4.69) is 10.6 Å². The number of nitrogens with one attached hydrogen (secondary N) is 2. The van der Waals surface area contributed by atoms with Crippen LogP contribution in [-0.2, 0) is 20.7 Å². The highest BCUT2D eigenvalue weighted by molar-refractivity contribution is 7.09. The van der Waals surface area contributed by atoms with Crippen LogP contribution in [0.25, 0.3) is 0 Å². The van der Waals surface area contributed by atoms with Crippen molar-refractivity contribution in [3.05, 3.63) is 34.7 Å². The van der Waals surface area contributed by atoms with E-state index in [0.717, 1.165) is 11.3 Å². The molecular formula is C14H20N2O3S. The lowest BCUT2D eigenvalue weighted by molar-refractivity contribution is -0.130. The van der Waals surface area contributed by atoms with Crippen LogP contribution in [0.3, 0.4) is 0 Å². The molecule has 0 aromatic carbocycles. The van der Waals surface area contributed by atoms with Gasteiger partial charge in [0, 0.05) is 18.3 Å². The first kappa shape index (κ1) is 16.2. The van der Waals surface area contributed by atoms with E-state index in [1.165, 1.54) is 6.26 Å². The molecule has 0 radical (unpaired) electrons. The van der Waals surface area contributed by atoms with Crippen molar-refractivity contribution in [2.45, 2.75) is 25.8 Å². The molecule has 1 atom stereocenters. The Balaban J connectivity index is 2.49. The molecule has 5 nitrogen and oxygen atoms in total. The van der Waals surface area contributed by atoms with E-state index in [1.54, 1.807) is 18.4 Å². The van der Waals surface area contributed by atoms with Crippen molar-refractivity contribution in [2.75, 3.05) is 13.7 Å². The number of likely N-dealkylation sites (N-methyl/N-ethyl adjacent to an activating group) is 1. The smallest absolute Gasteiger partial charge is 0.258 e. The average Bonchev–Trinajstić information content (AvgIpc) is 2.95. The third kappa shape index (κ3) is 5.88. The summed E-state index contributed by atoms with van der Waals surface area (Å²) in [6.45, 7) is 1.89. The SMILES string of the molecule is CC/C=C/OCC(=O)N[C@@H](Cc1cccs1)C(=O)NC. The average molecular weight is 296 g/mol. The molecule has 6 heteroatoms. The molecule has 0 spiro atoms. The zero-order valence-electron chi connectivity index (χ0n) is 11.7. The molecule has 2 N–H and O–H groups in total. The number of amides is 2. The normalized spacial score (nSPS) is 12.1. The van der Waals surface area contributed by atoms with Gasteiger partial charge in [-0.15, -0.1) is 11.3 Å². The van der Waals surface area contributed by atoms with E-state index < -0.39 is 6.04 Å². The summed E-state index contributed by atoms with van der Waals surface area (Å²) in [6.07, 6.45) is 4.64. The van der Waals surface area contributed by atoms with Crippen LogP contribution in [0.4, 0.5) is 0 Å². The second-order valence-electron chi connectivity index (χ2n) is 4.11. The van der Waals surface area contributed by atoms with Crippen molar-refractivity contribution < 1.29 is 14.3 Å². The largest absolute Gasteiger partial charge is 0.492 e. The molecule has 110 valence electrons. The lowest BCUT2D eigenvalue weighted by Gasteiger charge is -2.16. The predicted octanol–water partition coefficient (Wildman–Crippen LogP) is 1.46. The minimum absolute atomic E-state index is 0.0889. The van der Waals surface area contributed by atoms with Gasteiger partial charge in [-0.2, -0.15) is 0 Å². The molecule has 0 fully saturated rings. The van der Waals surface area contributed by atoms with E-state index in [1.807, 2.05) is 30.5 Å². The number of allylic oxidation sites excluding steroid dienone is 1. The first-order chi connectivity index (χ1) is 9.67. The van der Waals surface area contributed by atoms with Crippen molar-refractivity contribution in [1.29, 1.82) is 0 Å². The summed E-state index contributed by atoms with van der Waals surface area (Å²) < 4.78 is 5.06. The Morgan fingerprint density at radius 3 is 2.90 bits per heavy atom. The Labute approximate surface area is 123 Å². The zero-order chi connectivity index (χ0) is 14.8. The molecule has 20 heavy (non-hydrogen) atoms. The fraction of sp³-hybridized carbons (Fsp3) is 0.429. The van der Waals surface area contributed by atoms with Gasteiger partial charge in [-0.05, 0) is 17.9 Å². The second kappa shape index (κ2) is 9.14. The topological polar surface area (TPSA) is 67.4 Å². The number of rotatable bonds is 8. The van der Waals surface area contributed by atoms with Crippen LogP contribution in [0.1, 0.15) is 18.2 Å². The summed E-state index contributed by atoms with van der Waals surface area (Å²) in [5, 5.41) is 7.18. The summed E-state index contributed by atoms with van der Waals surface area (Å²) in [6, 6.07) is 3.28. The van der Waals surface area contributed by atoms with Crippen molar-refractivity contribution in [1.82, 2.24) is 10.6 Å². The van der Waals surface area contributed by atoms with E-state index in [4.69, 9.17) is 4.74 Å². The Hall–Kier alpha value is -1.82. The van der Waals surface area contributed by atoms with Gasteiger partial charge in [-0.25, -0.2) is 0 Å². The van der Waals surface area contributed by atoms with Gasteiger partial charge in [0.1, 0.15) is 6.04 Å². The maximum atomic E-state index is 11.8. The number of carbonyl (C=O) groups excluding carboxylic acids is 2. The van der Waals surface area contributed by atoms with Gasteiger partial charge in [-0.1, -0.05) is 19.1 Å².